The van der Waals surface area contributed by atoms with Gasteiger partial charge in [0.05, 0.1) is 6.33 Å². The smallest absolute Gasteiger partial charge is 0.263 e. The van der Waals surface area contributed by atoms with Crippen LogP contribution in [0.3, 0.4) is 0 Å². The van der Waals surface area contributed by atoms with Crippen LogP contribution in [0, 0.1) is 0 Å². The van der Waals surface area contributed by atoms with Crippen molar-refractivity contribution in [1.82, 2.24) is 18.8 Å². The van der Waals surface area contributed by atoms with Gasteiger partial charge in [-0.1, -0.05) is 0 Å². The van der Waals surface area contributed by atoms with Gasteiger partial charge in [-0.3, -0.25) is 4.79 Å². The van der Waals surface area contributed by atoms with Gasteiger partial charge in [0.25, 0.3) is 10.0 Å². The Morgan fingerprint density at radius 1 is 1.30 bits per heavy atom. The molecule has 2 rings (SSSR count). The van der Waals surface area contributed by atoms with Crippen molar-refractivity contribution in [3.63, 3.8) is 0 Å². The maximum atomic E-state index is 12.8. The third-order valence-corrected chi connectivity index (χ3v) is 5.78. The van der Waals surface area contributed by atoms with Crippen LogP contribution in [0.2, 0.25) is 0 Å². The first-order chi connectivity index (χ1) is 9.10. The number of piperazine rings is 1. The lowest BCUT2D eigenvalue weighted by Gasteiger charge is -2.43. The van der Waals surface area contributed by atoms with Gasteiger partial charge in [-0.25, -0.2) is 13.4 Å². The Balaban J connectivity index is 2.53. The number of amides is 1. The molecule has 0 radical (unpaired) electrons. The molecular weight excluding hydrogens is 282 g/mol. The van der Waals surface area contributed by atoms with Crippen LogP contribution in [-0.2, 0) is 21.9 Å². The van der Waals surface area contributed by atoms with Crippen molar-refractivity contribution in [3.8, 4) is 0 Å². The third-order valence-electron chi connectivity index (χ3n) is 3.58. The average Bonchev–Trinajstić information content (AvgIpc) is 2.66. The molecule has 0 aromatic carbocycles. The van der Waals surface area contributed by atoms with Gasteiger partial charge >= 0.3 is 0 Å². The first-order valence-corrected chi connectivity index (χ1v) is 7.59. The van der Waals surface area contributed by atoms with Gasteiger partial charge in [0.2, 0.25) is 5.91 Å². The molecule has 1 saturated heterocycles. The zero-order chi connectivity index (χ0) is 15.3. The Bertz CT molecular complexity index is 630. The largest absolute Gasteiger partial charge is 0.381 e. The summed E-state index contributed by atoms with van der Waals surface area (Å²) in [5.41, 5.74) is 4.50. The molecule has 1 fully saturated rings. The molecule has 1 amide bonds. The molecule has 1 aromatic rings. The number of sulfonamides is 1. The van der Waals surface area contributed by atoms with Crippen molar-refractivity contribution in [1.29, 1.82) is 0 Å². The molecule has 0 atom stereocenters. The normalized spacial score (nSPS) is 20.4. The summed E-state index contributed by atoms with van der Waals surface area (Å²) in [4.78, 5) is 17.5. The van der Waals surface area contributed by atoms with Crippen LogP contribution in [0.1, 0.15) is 13.8 Å². The highest BCUT2D eigenvalue weighted by atomic mass is 32.2. The van der Waals surface area contributed by atoms with Crippen molar-refractivity contribution in [3.05, 3.63) is 6.33 Å². The molecule has 0 saturated carbocycles. The molecule has 1 aliphatic rings. The van der Waals surface area contributed by atoms with E-state index in [1.807, 2.05) is 0 Å². The van der Waals surface area contributed by atoms with Crippen molar-refractivity contribution < 1.29 is 13.2 Å². The Morgan fingerprint density at radius 2 is 1.90 bits per heavy atom. The molecule has 20 heavy (non-hydrogen) atoms. The zero-order valence-electron chi connectivity index (χ0n) is 12.0. The van der Waals surface area contributed by atoms with E-state index in [4.69, 9.17) is 5.73 Å². The fraction of sp³-hybridized carbons (Fsp3) is 0.636. The summed E-state index contributed by atoms with van der Waals surface area (Å²) in [7, 11) is -0.667. The first kappa shape index (κ1) is 14.8. The number of imidazole rings is 1. The van der Waals surface area contributed by atoms with Gasteiger partial charge in [-0.05, 0) is 13.8 Å². The molecule has 8 nitrogen and oxygen atoms in total. The number of aryl methyl sites for hydroxylation is 1. The number of likely N-dealkylation sites (N-methyl/N-ethyl adjacent to an activating group) is 1. The van der Waals surface area contributed by atoms with E-state index >= 15 is 0 Å². The lowest BCUT2D eigenvalue weighted by Crippen LogP contribution is -2.63. The highest BCUT2D eigenvalue weighted by Crippen LogP contribution is 2.30. The van der Waals surface area contributed by atoms with Crippen LogP contribution in [-0.4, -0.2) is 58.8 Å². The number of nitrogen functional groups attached to an aromatic ring is 1. The van der Waals surface area contributed by atoms with Crippen molar-refractivity contribution >= 4 is 21.7 Å². The predicted octanol–water partition coefficient (Wildman–Crippen LogP) is -0.756. The Morgan fingerprint density at radius 3 is 2.40 bits per heavy atom. The topological polar surface area (TPSA) is 102 Å². The van der Waals surface area contributed by atoms with Gasteiger partial charge in [0.1, 0.15) is 5.54 Å². The quantitative estimate of drug-likeness (QED) is 0.774. The van der Waals surface area contributed by atoms with E-state index in [9.17, 15) is 13.2 Å². The molecule has 0 bridgehead atoms. The molecular formula is C11H19N5O3S. The van der Waals surface area contributed by atoms with Crippen LogP contribution >= 0.6 is 0 Å². The summed E-state index contributed by atoms with van der Waals surface area (Å²) in [6, 6.07) is 0. The Kier molecular flexibility index (Phi) is 3.29. The molecule has 112 valence electrons. The number of rotatable bonds is 2. The number of anilines is 1. The van der Waals surface area contributed by atoms with Crippen molar-refractivity contribution in [2.45, 2.75) is 24.4 Å². The van der Waals surface area contributed by atoms with Gasteiger partial charge in [0, 0.05) is 27.2 Å². The number of hydrogen-bond acceptors (Lipinski definition) is 5. The van der Waals surface area contributed by atoms with E-state index in [-0.39, 0.29) is 23.3 Å². The Labute approximate surface area is 118 Å². The molecule has 0 aliphatic carbocycles. The first-order valence-electron chi connectivity index (χ1n) is 6.15. The minimum absolute atomic E-state index is 0.0605. The van der Waals surface area contributed by atoms with Crippen LogP contribution in [0.5, 0.6) is 0 Å². The third kappa shape index (κ3) is 1.97. The molecule has 2 N–H and O–H groups in total. The van der Waals surface area contributed by atoms with Crippen molar-refractivity contribution in [2.24, 2.45) is 7.05 Å². The molecule has 0 unspecified atom stereocenters. The monoisotopic (exact) mass is 301 g/mol. The summed E-state index contributed by atoms with van der Waals surface area (Å²) in [6.45, 7) is 3.76. The number of nitrogens with two attached hydrogens (primary N) is 1. The second-order valence-electron chi connectivity index (χ2n) is 5.41. The fourth-order valence-corrected chi connectivity index (χ4v) is 4.41. The number of carbonyl (C=O) groups excluding carboxylic acids is 1. The fourth-order valence-electron chi connectivity index (χ4n) is 2.47. The number of aromatic nitrogens is 2. The van der Waals surface area contributed by atoms with E-state index in [0.29, 0.717) is 6.54 Å². The summed E-state index contributed by atoms with van der Waals surface area (Å²) in [5.74, 6) is -0.303. The van der Waals surface area contributed by atoms with Crippen molar-refractivity contribution in [2.75, 3.05) is 25.9 Å². The average molecular weight is 301 g/mol. The molecule has 0 spiro atoms. The lowest BCUT2D eigenvalue weighted by molar-refractivity contribution is -0.142. The van der Waals surface area contributed by atoms with E-state index in [0.717, 1.165) is 0 Å². The van der Waals surface area contributed by atoms with Gasteiger partial charge < -0.3 is 15.2 Å². The second kappa shape index (κ2) is 4.45. The zero-order valence-corrected chi connectivity index (χ0v) is 12.8. The molecule has 9 heteroatoms. The maximum Gasteiger partial charge on any atom is 0.263 e. The standard InChI is InChI=1S/C11H19N5O3S/c1-11(2)10(17)14(3)5-6-16(11)20(18,19)9-8(12)13-7-15(9)4/h7H,5-6,12H2,1-4H3. The Hall–Kier alpha value is -1.61. The number of nitrogens with zero attached hydrogens (tertiary/aromatic N) is 4. The minimum Gasteiger partial charge on any atom is -0.381 e. The van der Waals surface area contributed by atoms with Gasteiger partial charge in [-0.15, -0.1) is 0 Å². The summed E-state index contributed by atoms with van der Waals surface area (Å²) < 4.78 is 28.1. The molecule has 1 aliphatic heterocycles. The van der Waals surface area contributed by atoms with Crippen LogP contribution < -0.4 is 5.73 Å². The van der Waals surface area contributed by atoms with E-state index in [1.54, 1.807) is 27.9 Å². The van der Waals surface area contributed by atoms with Crippen LogP contribution in [0.25, 0.3) is 0 Å². The SMILES string of the molecule is CN1CCN(S(=O)(=O)c2c(N)ncn2C)C(C)(C)C1=O. The van der Waals surface area contributed by atoms with Crippen LogP contribution in [0.15, 0.2) is 11.4 Å². The minimum atomic E-state index is -3.88. The molecule has 1 aromatic heterocycles. The van der Waals surface area contributed by atoms with E-state index in [2.05, 4.69) is 4.98 Å². The van der Waals surface area contributed by atoms with E-state index in [1.165, 1.54) is 20.1 Å². The highest BCUT2D eigenvalue weighted by molar-refractivity contribution is 7.89. The summed E-state index contributed by atoms with van der Waals surface area (Å²) in [6.07, 6.45) is 1.34. The van der Waals surface area contributed by atoms with E-state index < -0.39 is 15.6 Å². The van der Waals surface area contributed by atoms with Gasteiger partial charge in [-0.2, -0.15) is 4.31 Å². The predicted molar refractivity (Wildman–Crippen MR) is 73.2 cm³/mol. The lowest BCUT2D eigenvalue weighted by atomic mass is 10.0. The summed E-state index contributed by atoms with van der Waals surface area (Å²) >= 11 is 0. The van der Waals surface area contributed by atoms with Gasteiger partial charge in [0.15, 0.2) is 10.8 Å². The molecule has 2 heterocycles. The maximum absolute atomic E-state index is 12.8. The van der Waals surface area contributed by atoms with Crippen LogP contribution in [0.4, 0.5) is 5.82 Å². The highest BCUT2D eigenvalue weighted by Gasteiger charge is 2.48. The number of carbonyl (C=O) groups is 1. The second-order valence-corrected chi connectivity index (χ2v) is 7.19. The summed E-state index contributed by atoms with van der Waals surface area (Å²) in [5, 5.41) is -0.0806. The number of hydrogen-bond donors (Lipinski definition) is 1.